The monoisotopic (exact) mass is 319 g/mol. The number of hydrogen-bond donors (Lipinski definition) is 1. The second-order valence-corrected chi connectivity index (χ2v) is 6.06. The van der Waals surface area contributed by atoms with Gasteiger partial charge >= 0.3 is 6.30 Å². The molecule has 0 fully saturated rings. The highest BCUT2D eigenvalue weighted by Gasteiger charge is 2.37. The topological polar surface area (TPSA) is 53.1 Å². The first-order valence-corrected chi connectivity index (χ1v) is 6.65. The van der Waals surface area contributed by atoms with E-state index in [1.807, 2.05) is 0 Å². The van der Waals surface area contributed by atoms with Crippen LogP contribution >= 0.6 is 0 Å². The van der Waals surface area contributed by atoms with E-state index in [9.17, 15) is 17.6 Å². The molecule has 122 valence electrons. The van der Waals surface area contributed by atoms with E-state index in [1.165, 1.54) is 12.2 Å². The molecule has 4 nitrogen and oxygen atoms in total. The highest BCUT2D eigenvalue weighted by atomic mass is 19.4. The van der Waals surface area contributed by atoms with Gasteiger partial charge in [0, 0.05) is 24.5 Å². The number of anilines is 1. The van der Waals surface area contributed by atoms with Gasteiger partial charge in [-0.2, -0.15) is 4.68 Å². The van der Waals surface area contributed by atoms with Crippen LogP contribution in [0.5, 0.6) is 0 Å². The zero-order chi connectivity index (χ0) is 16.7. The summed E-state index contributed by atoms with van der Waals surface area (Å²) in [6.45, 7) is 5.30. The molecule has 0 radical (unpaired) electrons. The van der Waals surface area contributed by atoms with Gasteiger partial charge in [-0.15, -0.1) is 18.3 Å². The summed E-state index contributed by atoms with van der Waals surface area (Å²) in [5, 5.41) is 3.24. The van der Waals surface area contributed by atoms with E-state index in [1.54, 1.807) is 20.8 Å². The molecule has 1 aliphatic rings. The minimum Gasteiger partial charge on any atom is -0.488 e. The van der Waals surface area contributed by atoms with E-state index < -0.39 is 23.6 Å². The van der Waals surface area contributed by atoms with Gasteiger partial charge < -0.3 is 10.5 Å². The van der Waals surface area contributed by atoms with E-state index in [2.05, 4.69) is 5.10 Å². The minimum atomic E-state index is -4.72. The van der Waals surface area contributed by atoms with Crippen molar-refractivity contribution in [2.24, 2.45) is 0 Å². The third kappa shape index (κ3) is 3.80. The van der Waals surface area contributed by atoms with Crippen molar-refractivity contribution in [1.29, 1.82) is 0 Å². The third-order valence-corrected chi connectivity index (χ3v) is 2.88. The average molecular weight is 319 g/mol. The van der Waals surface area contributed by atoms with Crippen LogP contribution in [-0.4, -0.2) is 15.4 Å². The van der Waals surface area contributed by atoms with E-state index >= 15 is 0 Å². The molecule has 1 atom stereocenters. The number of ether oxygens (including phenoxy) is 1. The molecule has 1 aromatic heterocycles. The maximum Gasteiger partial charge on any atom is 0.504 e. The van der Waals surface area contributed by atoms with Crippen LogP contribution in [0.1, 0.15) is 38.8 Å². The quantitative estimate of drug-likeness (QED) is 0.839. The third-order valence-electron chi connectivity index (χ3n) is 2.88. The predicted molar refractivity (Wildman–Crippen MR) is 73.4 cm³/mol. The van der Waals surface area contributed by atoms with Crippen LogP contribution in [0.25, 0.3) is 0 Å². The smallest absolute Gasteiger partial charge is 0.488 e. The molecule has 2 N–H and O–H groups in total. The molecular formula is C14H17F4N3O. The number of aromatic nitrogens is 2. The summed E-state index contributed by atoms with van der Waals surface area (Å²) in [5.74, 6) is -1.49. The van der Waals surface area contributed by atoms with E-state index in [-0.39, 0.29) is 28.4 Å². The molecular weight excluding hydrogens is 302 g/mol. The first-order chi connectivity index (χ1) is 9.95. The number of hydrogen-bond acceptors (Lipinski definition) is 3. The van der Waals surface area contributed by atoms with Gasteiger partial charge in [-0.25, -0.2) is 4.39 Å². The normalized spacial score (nSPS) is 19.7. The van der Waals surface area contributed by atoms with Gasteiger partial charge in [0.2, 0.25) is 0 Å². The Morgan fingerprint density at radius 1 is 1.32 bits per heavy atom. The van der Waals surface area contributed by atoms with Gasteiger partial charge in [0.25, 0.3) is 0 Å². The summed E-state index contributed by atoms with van der Waals surface area (Å²) in [4.78, 5) is 0. The van der Waals surface area contributed by atoms with Crippen molar-refractivity contribution in [3.63, 3.8) is 0 Å². The molecule has 0 amide bonds. The zero-order valence-corrected chi connectivity index (χ0v) is 12.4. The molecule has 22 heavy (non-hydrogen) atoms. The second kappa shape index (κ2) is 5.33. The SMILES string of the molecule is CC(C)(C)OC1=CC(c2cc(N)nn2C(F)(F)F)CC(F)=C1. The summed E-state index contributed by atoms with van der Waals surface area (Å²) < 4.78 is 58.1. The molecule has 8 heteroatoms. The van der Waals surface area contributed by atoms with Gasteiger partial charge in [0.15, 0.2) is 0 Å². The first-order valence-electron chi connectivity index (χ1n) is 6.65. The van der Waals surface area contributed by atoms with Crippen molar-refractivity contribution in [3.05, 3.63) is 35.5 Å². The number of allylic oxidation sites excluding steroid dienone is 3. The Morgan fingerprint density at radius 2 is 1.95 bits per heavy atom. The fourth-order valence-corrected chi connectivity index (χ4v) is 2.22. The lowest BCUT2D eigenvalue weighted by Gasteiger charge is -2.26. The number of halogens is 4. The van der Waals surface area contributed by atoms with E-state index in [4.69, 9.17) is 10.5 Å². The van der Waals surface area contributed by atoms with Crippen molar-refractivity contribution in [1.82, 2.24) is 9.78 Å². The molecule has 0 saturated carbocycles. The van der Waals surface area contributed by atoms with Crippen LogP contribution < -0.4 is 5.73 Å². The molecule has 0 spiro atoms. The number of alkyl halides is 3. The number of nitrogen functional groups attached to an aromatic ring is 1. The Labute approximate surface area is 125 Å². The Kier molecular flexibility index (Phi) is 3.97. The van der Waals surface area contributed by atoms with Crippen LogP contribution in [-0.2, 0) is 11.0 Å². The highest BCUT2D eigenvalue weighted by Crippen LogP contribution is 2.37. The van der Waals surface area contributed by atoms with Crippen molar-refractivity contribution in [2.45, 2.75) is 45.0 Å². The summed E-state index contributed by atoms with van der Waals surface area (Å²) in [6, 6.07) is 1.10. The number of nitrogens with two attached hydrogens (primary N) is 1. The number of rotatable bonds is 2. The number of nitrogens with zero attached hydrogens (tertiary/aromatic N) is 2. The lowest BCUT2D eigenvalue weighted by Crippen LogP contribution is -2.24. The fraction of sp³-hybridized carbons (Fsp3) is 0.500. The van der Waals surface area contributed by atoms with Crippen LogP contribution in [0.2, 0.25) is 0 Å². The summed E-state index contributed by atoms with van der Waals surface area (Å²) in [5.41, 5.74) is 4.55. The van der Waals surface area contributed by atoms with Crippen LogP contribution in [0, 0.1) is 0 Å². The molecule has 0 bridgehead atoms. The van der Waals surface area contributed by atoms with Crippen LogP contribution in [0.3, 0.4) is 0 Å². The molecule has 1 aliphatic carbocycles. The van der Waals surface area contributed by atoms with Crippen LogP contribution in [0.4, 0.5) is 23.4 Å². The highest BCUT2D eigenvalue weighted by molar-refractivity contribution is 5.37. The maximum atomic E-state index is 13.8. The molecule has 0 saturated heterocycles. The lowest BCUT2D eigenvalue weighted by molar-refractivity contribution is -0.213. The first kappa shape index (κ1) is 16.4. The van der Waals surface area contributed by atoms with E-state index in [0.717, 1.165) is 6.07 Å². The molecule has 2 rings (SSSR count). The summed E-state index contributed by atoms with van der Waals surface area (Å²) in [6.07, 6.45) is -2.28. The van der Waals surface area contributed by atoms with Crippen molar-refractivity contribution in [2.75, 3.05) is 5.73 Å². The summed E-state index contributed by atoms with van der Waals surface area (Å²) in [7, 11) is 0. The average Bonchev–Trinajstić information content (AvgIpc) is 2.67. The van der Waals surface area contributed by atoms with Gasteiger partial charge in [-0.1, -0.05) is 0 Å². The van der Waals surface area contributed by atoms with Gasteiger partial charge in [0.1, 0.15) is 23.0 Å². The Morgan fingerprint density at radius 3 is 2.50 bits per heavy atom. The Balaban J connectivity index is 2.39. The Hall–Kier alpha value is -1.99. The molecule has 1 heterocycles. The van der Waals surface area contributed by atoms with Crippen LogP contribution in [0.15, 0.2) is 29.8 Å². The largest absolute Gasteiger partial charge is 0.504 e. The van der Waals surface area contributed by atoms with Crippen molar-refractivity contribution >= 4 is 5.82 Å². The second-order valence-electron chi connectivity index (χ2n) is 6.06. The lowest BCUT2D eigenvalue weighted by atomic mass is 9.95. The van der Waals surface area contributed by atoms with Gasteiger partial charge in [0.05, 0.1) is 5.69 Å². The van der Waals surface area contributed by atoms with Crippen molar-refractivity contribution in [3.8, 4) is 0 Å². The maximum absolute atomic E-state index is 13.8. The van der Waals surface area contributed by atoms with Gasteiger partial charge in [-0.3, -0.25) is 0 Å². The molecule has 1 aromatic rings. The predicted octanol–water partition coefficient (Wildman–Crippen LogP) is 3.98. The van der Waals surface area contributed by atoms with Crippen molar-refractivity contribution < 1.29 is 22.3 Å². The molecule has 1 unspecified atom stereocenters. The zero-order valence-electron chi connectivity index (χ0n) is 12.4. The fourth-order valence-electron chi connectivity index (χ4n) is 2.22. The van der Waals surface area contributed by atoms with Gasteiger partial charge in [-0.05, 0) is 26.8 Å². The standard InChI is InChI=1S/C14H17F4N3O/c1-13(2,3)22-10-5-8(4-9(15)6-10)11-7-12(19)20-21(11)14(16,17)18/h5-8H,4H2,1-3H3,(H2,19,20). The minimum absolute atomic E-state index is 0.128. The summed E-state index contributed by atoms with van der Waals surface area (Å²) >= 11 is 0. The molecule has 0 aliphatic heterocycles. The Bertz CT molecular complexity index is 623. The molecule has 0 aromatic carbocycles. The van der Waals surface area contributed by atoms with E-state index in [0.29, 0.717) is 0 Å².